The quantitative estimate of drug-likeness (QED) is 0.751. The summed E-state index contributed by atoms with van der Waals surface area (Å²) in [5.74, 6) is 1.26. The molecule has 1 amide bonds. The van der Waals surface area contributed by atoms with Crippen molar-refractivity contribution in [3.05, 3.63) is 0 Å². The van der Waals surface area contributed by atoms with Gasteiger partial charge in [-0.25, -0.2) is 0 Å². The number of nitrogens with zero attached hydrogens (tertiary/aromatic N) is 1. The zero-order chi connectivity index (χ0) is 10.6. The van der Waals surface area contributed by atoms with Gasteiger partial charge < -0.3 is 10.6 Å². The van der Waals surface area contributed by atoms with Crippen molar-refractivity contribution in [1.29, 1.82) is 0 Å². The van der Waals surface area contributed by atoms with Crippen molar-refractivity contribution in [2.75, 3.05) is 25.4 Å². The lowest BCUT2D eigenvalue weighted by atomic mass is 10.1. The van der Waals surface area contributed by atoms with Crippen LogP contribution in [0.1, 0.15) is 26.7 Å². The zero-order valence-corrected chi connectivity index (χ0v) is 9.90. The second-order valence-corrected chi connectivity index (χ2v) is 6.08. The van der Waals surface area contributed by atoms with E-state index in [0.29, 0.717) is 17.7 Å². The van der Waals surface area contributed by atoms with Crippen LogP contribution in [0.4, 0.5) is 0 Å². The van der Waals surface area contributed by atoms with Crippen molar-refractivity contribution in [3.63, 3.8) is 0 Å². The number of hydrogen-bond donors (Lipinski definition) is 1. The Bertz CT molecular complexity index is 206. The van der Waals surface area contributed by atoms with E-state index in [9.17, 15) is 4.79 Å². The van der Waals surface area contributed by atoms with Crippen LogP contribution in [0, 0.1) is 0 Å². The topological polar surface area (TPSA) is 46.3 Å². The maximum atomic E-state index is 11.6. The van der Waals surface area contributed by atoms with Crippen LogP contribution in [-0.4, -0.2) is 40.9 Å². The third-order valence-corrected chi connectivity index (χ3v) is 3.92. The average Bonchev–Trinajstić information content (AvgIpc) is 2.27. The van der Waals surface area contributed by atoms with Crippen LogP contribution in [0.3, 0.4) is 0 Å². The summed E-state index contributed by atoms with van der Waals surface area (Å²) >= 11 is 1.96. The number of carbonyl (C=O) groups excluding carboxylic acids is 1. The molecule has 1 heterocycles. The van der Waals surface area contributed by atoms with Crippen LogP contribution in [0.25, 0.3) is 0 Å². The lowest BCUT2D eigenvalue weighted by Gasteiger charge is -2.22. The van der Waals surface area contributed by atoms with Gasteiger partial charge in [-0.15, -0.1) is 0 Å². The van der Waals surface area contributed by atoms with E-state index in [2.05, 4.69) is 13.8 Å². The summed E-state index contributed by atoms with van der Waals surface area (Å²) in [6.07, 6.45) is 1.57. The van der Waals surface area contributed by atoms with E-state index in [-0.39, 0.29) is 5.91 Å². The van der Waals surface area contributed by atoms with Gasteiger partial charge in [0.1, 0.15) is 0 Å². The minimum atomic E-state index is 0.214. The third-order valence-electron chi connectivity index (χ3n) is 2.55. The smallest absolute Gasteiger partial charge is 0.223 e. The molecule has 3 nitrogen and oxygen atoms in total. The molecule has 0 atom stereocenters. The maximum absolute atomic E-state index is 11.6. The zero-order valence-electron chi connectivity index (χ0n) is 9.08. The molecule has 0 aliphatic carbocycles. The van der Waals surface area contributed by atoms with Crippen molar-refractivity contribution in [2.45, 2.75) is 31.4 Å². The molecule has 14 heavy (non-hydrogen) atoms. The molecule has 1 aliphatic heterocycles. The van der Waals surface area contributed by atoms with Gasteiger partial charge >= 0.3 is 0 Å². The minimum absolute atomic E-state index is 0.214. The lowest BCUT2D eigenvalue weighted by Crippen LogP contribution is -2.34. The predicted octanol–water partition coefficient (Wildman–Crippen LogP) is 1.08. The van der Waals surface area contributed by atoms with Crippen molar-refractivity contribution in [1.82, 2.24) is 4.90 Å². The van der Waals surface area contributed by atoms with E-state index < -0.39 is 0 Å². The summed E-state index contributed by atoms with van der Waals surface area (Å²) in [5.41, 5.74) is 5.38. The average molecular weight is 216 g/mol. The monoisotopic (exact) mass is 216 g/mol. The number of carbonyl (C=O) groups is 1. The van der Waals surface area contributed by atoms with E-state index in [1.54, 1.807) is 0 Å². The molecule has 0 saturated carbocycles. The maximum Gasteiger partial charge on any atom is 0.223 e. The van der Waals surface area contributed by atoms with Crippen molar-refractivity contribution < 1.29 is 4.79 Å². The molecule has 0 aromatic heterocycles. The van der Waals surface area contributed by atoms with Crippen molar-refractivity contribution >= 4 is 17.7 Å². The number of rotatable bonds is 2. The van der Waals surface area contributed by atoms with Crippen molar-refractivity contribution in [2.24, 2.45) is 5.73 Å². The molecular weight excluding hydrogens is 196 g/mol. The van der Waals surface area contributed by atoms with Gasteiger partial charge in [-0.3, -0.25) is 4.79 Å². The highest BCUT2D eigenvalue weighted by atomic mass is 32.2. The number of hydrogen-bond acceptors (Lipinski definition) is 3. The molecule has 4 heteroatoms. The first kappa shape index (κ1) is 11.9. The van der Waals surface area contributed by atoms with Crippen LogP contribution in [0.15, 0.2) is 0 Å². The second kappa shape index (κ2) is 5.03. The molecule has 0 unspecified atom stereocenters. The van der Waals surface area contributed by atoms with Crippen LogP contribution in [-0.2, 0) is 4.79 Å². The summed E-state index contributed by atoms with van der Waals surface area (Å²) in [6.45, 7) is 6.72. The van der Waals surface area contributed by atoms with Gasteiger partial charge in [0.25, 0.3) is 0 Å². The highest BCUT2D eigenvalue weighted by molar-refractivity contribution is 8.00. The first-order valence-electron chi connectivity index (χ1n) is 5.17. The van der Waals surface area contributed by atoms with E-state index in [1.165, 1.54) is 0 Å². The molecule has 0 aromatic rings. The molecule has 1 fully saturated rings. The number of thioether (sulfide) groups is 1. The van der Waals surface area contributed by atoms with Crippen molar-refractivity contribution in [3.8, 4) is 0 Å². The van der Waals surface area contributed by atoms with Gasteiger partial charge in [0.15, 0.2) is 0 Å². The summed E-state index contributed by atoms with van der Waals surface area (Å²) in [4.78, 5) is 13.6. The highest BCUT2D eigenvalue weighted by Gasteiger charge is 2.25. The molecule has 0 aromatic carbocycles. The van der Waals surface area contributed by atoms with Crippen LogP contribution in [0.2, 0.25) is 0 Å². The summed E-state index contributed by atoms with van der Waals surface area (Å²) in [5, 5.41) is 0. The Kier molecular flexibility index (Phi) is 4.26. The van der Waals surface area contributed by atoms with Crippen LogP contribution >= 0.6 is 11.8 Å². The van der Waals surface area contributed by atoms with Gasteiger partial charge in [-0.2, -0.15) is 11.8 Å². The largest absolute Gasteiger partial charge is 0.342 e. The van der Waals surface area contributed by atoms with E-state index in [0.717, 1.165) is 25.3 Å². The Morgan fingerprint density at radius 1 is 1.50 bits per heavy atom. The van der Waals surface area contributed by atoms with E-state index in [4.69, 9.17) is 5.73 Å². The van der Waals surface area contributed by atoms with Gasteiger partial charge in [0.05, 0.1) is 0 Å². The van der Waals surface area contributed by atoms with Crippen LogP contribution < -0.4 is 5.73 Å². The Labute approximate surface area is 90.4 Å². The number of amides is 1. The lowest BCUT2D eigenvalue weighted by molar-refractivity contribution is -0.130. The molecule has 2 N–H and O–H groups in total. The fraction of sp³-hybridized carbons (Fsp3) is 0.900. The van der Waals surface area contributed by atoms with Gasteiger partial charge in [-0.1, -0.05) is 13.8 Å². The van der Waals surface area contributed by atoms with E-state index >= 15 is 0 Å². The fourth-order valence-corrected chi connectivity index (χ4v) is 2.65. The Morgan fingerprint density at radius 3 is 2.86 bits per heavy atom. The molecule has 0 spiro atoms. The first-order valence-corrected chi connectivity index (χ1v) is 6.15. The Balaban J connectivity index is 2.45. The van der Waals surface area contributed by atoms with Gasteiger partial charge in [0, 0.05) is 36.6 Å². The molecular formula is C10H20N2OS. The SMILES string of the molecule is CC1(C)CCN(C(=O)CCN)CCS1. The first-order chi connectivity index (χ1) is 6.55. The molecule has 0 bridgehead atoms. The second-order valence-electron chi connectivity index (χ2n) is 4.28. The molecule has 1 aliphatic rings. The Hall–Kier alpha value is -0.220. The molecule has 1 rings (SSSR count). The van der Waals surface area contributed by atoms with E-state index in [1.807, 2.05) is 16.7 Å². The Morgan fingerprint density at radius 2 is 2.21 bits per heavy atom. The van der Waals surface area contributed by atoms with Crippen LogP contribution in [0.5, 0.6) is 0 Å². The highest BCUT2D eigenvalue weighted by Crippen LogP contribution is 2.30. The number of nitrogens with two attached hydrogens (primary N) is 1. The summed E-state index contributed by atoms with van der Waals surface area (Å²) < 4.78 is 0.317. The standard InChI is InChI=1S/C10H20N2OS/c1-10(2)4-6-12(7-8-14-10)9(13)3-5-11/h3-8,11H2,1-2H3. The predicted molar refractivity (Wildman–Crippen MR) is 61.4 cm³/mol. The van der Waals surface area contributed by atoms with Gasteiger partial charge in [0.2, 0.25) is 5.91 Å². The molecule has 82 valence electrons. The normalized spacial score (nSPS) is 21.8. The minimum Gasteiger partial charge on any atom is -0.342 e. The summed E-state index contributed by atoms with van der Waals surface area (Å²) in [7, 11) is 0. The summed E-state index contributed by atoms with van der Waals surface area (Å²) in [6, 6.07) is 0. The van der Waals surface area contributed by atoms with Gasteiger partial charge in [-0.05, 0) is 6.42 Å². The fourth-order valence-electron chi connectivity index (χ4n) is 1.55. The molecule has 1 saturated heterocycles. The third kappa shape index (κ3) is 3.50. The molecule has 0 radical (unpaired) electrons.